The third kappa shape index (κ3) is 5.12. The molecule has 1 aliphatic rings. The molecule has 1 saturated heterocycles. The van der Waals surface area contributed by atoms with Gasteiger partial charge in [-0.25, -0.2) is 12.8 Å². The summed E-state index contributed by atoms with van der Waals surface area (Å²) in [6.45, 7) is 3.07. The Morgan fingerprint density at radius 3 is 2.62 bits per heavy atom. The fourth-order valence-electron chi connectivity index (χ4n) is 2.64. The summed E-state index contributed by atoms with van der Waals surface area (Å²) in [6, 6.07) is 4.72. The third-order valence-electron chi connectivity index (χ3n) is 4.12. The summed E-state index contributed by atoms with van der Waals surface area (Å²) < 4.78 is 37.3. The van der Waals surface area contributed by atoms with Gasteiger partial charge >= 0.3 is 0 Å². The van der Waals surface area contributed by atoms with E-state index >= 15 is 0 Å². The number of sulfone groups is 1. The number of thiocarbonyl (C=S) groups is 1. The monoisotopic (exact) mass is 373 g/mol. The van der Waals surface area contributed by atoms with Crippen molar-refractivity contribution in [3.8, 4) is 0 Å². The molecule has 8 heteroatoms. The van der Waals surface area contributed by atoms with E-state index < -0.39 is 9.84 Å². The molecule has 1 aliphatic heterocycles. The number of hydrogen-bond acceptors (Lipinski definition) is 4. The minimum Gasteiger partial charge on any atom is -0.344 e. The van der Waals surface area contributed by atoms with Gasteiger partial charge in [0, 0.05) is 24.8 Å². The second-order valence-electron chi connectivity index (χ2n) is 6.45. The first-order valence-electron chi connectivity index (χ1n) is 7.87. The van der Waals surface area contributed by atoms with Crippen LogP contribution in [0.1, 0.15) is 12.0 Å². The molecule has 0 amide bonds. The highest BCUT2D eigenvalue weighted by molar-refractivity contribution is 7.91. The van der Waals surface area contributed by atoms with Gasteiger partial charge in [0.15, 0.2) is 14.9 Å². The molecule has 24 heavy (non-hydrogen) atoms. The Balaban J connectivity index is 2.12. The smallest absolute Gasteiger partial charge is 0.173 e. The molecular weight excluding hydrogens is 349 g/mol. The summed E-state index contributed by atoms with van der Waals surface area (Å²) in [5.41, 5.74) is 1.14. The number of hydrogen-bond donors (Lipinski definition) is 1. The van der Waals surface area contributed by atoms with Crippen molar-refractivity contribution >= 4 is 32.9 Å². The lowest BCUT2D eigenvalue weighted by molar-refractivity contribution is 0.289. The largest absolute Gasteiger partial charge is 0.344 e. The van der Waals surface area contributed by atoms with E-state index in [2.05, 4.69) is 5.32 Å². The van der Waals surface area contributed by atoms with Gasteiger partial charge in [0.25, 0.3) is 0 Å². The molecule has 0 spiro atoms. The predicted octanol–water partition coefficient (Wildman–Crippen LogP) is 1.88. The minimum atomic E-state index is -3.00. The molecule has 0 radical (unpaired) electrons. The van der Waals surface area contributed by atoms with Crippen molar-refractivity contribution in [1.82, 2.24) is 9.80 Å². The first kappa shape index (κ1) is 19.1. The van der Waals surface area contributed by atoms with Crippen molar-refractivity contribution in [2.45, 2.75) is 19.4 Å². The van der Waals surface area contributed by atoms with Crippen LogP contribution in [0.25, 0.3) is 0 Å². The van der Waals surface area contributed by atoms with Gasteiger partial charge in [-0.15, -0.1) is 0 Å². The molecule has 1 atom stereocenters. The average molecular weight is 374 g/mol. The molecule has 0 aromatic heterocycles. The molecule has 1 aromatic carbocycles. The summed E-state index contributed by atoms with van der Waals surface area (Å²) in [5.74, 6) is 0.00803. The highest BCUT2D eigenvalue weighted by atomic mass is 32.2. The van der Waals surface area contributed by atoms with Crippen molar-refractivity contribution in [1.29, 1.82) is 0 Å². The minimum absolute atomic E-state index is 0.116. The van der Waals surface area contributed by atoms with E-state index in [4.69, 9.17) is 12.2 Å². The van der Waals surface area contributed by atoms with E-state index in [1.54, 1.807) is 19.1 Å². The van der Waals surface area contributed by atoms with Crippen LogP contribution < -0.4 is 5.32 Å². The van der Waals surface area contributed by atoms with Crippen molar-refractivity contribution in [2.75, 3.05) is 44.0 Å². The molecule has 2 rings (SSSR count). The number of likely N-dealkylation sites (N-methyl/N-ethyl adjacent to an activating group) is 1. The van der Waals surface area contributed by atoms with Crippen molar-refractivity contribution in [3.05, 3.63) is 29.6 Å². The maximum absolute atomic E-state index is 13.7. The molecule has 1 aromatic rings. The second-order valence-corrected chi connectivity index (χ2v) is 9.06. The Morgan fingerprint density at radius 2 is 2.08 bits per heavy atom. The molecule has 1 N–H and O–H groups in total. The topological polar surface area (TPSA) is 52.6 Å². The van der Waals surface area contributed by atoms with Crippen molar-refractivity contribution in [2.24, 2.45) is 0 Å². The standard InChI is InChI=1S/C16H24FN3O2S2/c1-12-4-5-13(10-15(12)17)18-16(23)20(8-7-19(2)3)14-6-9-24(21,22)11-14/h4-5,10,14H,6-9,11H2,1-3H3,(H,18,23)/t14-/m1/s1. The molecule has 0 saturated carbocycles. The van der Waals surface area contributed by atoms with Gasteiger partial charge in [0.05, 0.1) is 11.5 Å². The Kier molecular flexibility index (Phi) is 6.17. The summed E-state index contributed by atoms with van der Waals surface area (Å²) in [6.07, 6.45) is 0.569. The quantitative estimate of drug-likeness (QED) is 0.796. The Hall–Kier alpha value is -1.25. The lowest BCUT2D eigenvalue weighted by Crippen LogP contribution is -2.46. The summed E-state index contributed by atoms with van der Waals surface area (Å²) in [7, 11) is 0.907. The van der Waals surface area contributed by atoms with Crippen LogP contribution in [-0.2, 0) is 9.84 Å². The summed E-state index contributed by atoms with van der Waals surface area (Å²) in [5, 5.41) is 3.47. The first-order valence-corrected chi connectivity index (χ1v) is 10.1. The van der Waals surface area contributed by atoms with Gasteiger partial charge < -0.3 is 15.1 Å². The third-order valence-corrected chi connectivity index (χ3v) is 6.21. The van der Waals surface area contributed by atoms with E-state index in [0.717, 1.165) is 6.54 Å². The molecule has 0 aliphatic carbocycles. The zero-order chi connectivity index (χ0) is 17.9. The van der Waals surface area contributed by atoms with Gasteiger partial charge in [-0.05, 0) is 57.4 Å². The van der Waals surface area contributed by atoms with E-state index in [1.807, 2.05) is 23.9 Å². The number of aryl methyl sites for hydroxylation is 1. The first-order chi connectivity index (χ1) is 11.2. The van der Waals surface area contributed by atoms with Crippen LogP contribution in [0.2, 0.25) is 0 Å². The van der Waals surface area contributed by atoms with Crippen LogP contribution >= 0.6 is 12.2 Å². The molecule has 0 bridgehead atoms. The SMILES string of the molecule is Cc1ccc(NC(=S)N(CCN(C)C)[C@@H]2CCS(=O)(=O)C2)cc1F. The van der Waals surface area contributed by atoms with E-state index in [9.17, 15) is 12.8 Å². The van der Waals surface area contributed by atoms with E-state index in [-0.39, 0.29) is 23.4 Å². The van der Waals surface area contributed by atoms with Gasteiger partial charge in [0.2, 0.25) is 0 Å². The number of nitrogens with one attached hydrogen (secondary N) is 1. The fraction of sp³-hybridized carbons (Fsp3) is 0.562. The van der Waals surface area contributed by atoms with E-state index in [0.29, 0.717) is 29.3 Å². The average Bonchev–Trinajstić information content (AvgIpc) is 2.83. The van der Waals surface area contributed by atoms with Crippen LogP contribution in [0, 0.1) is 12.7 Å². The van der Waals surface area contributed by atoms with Gasteiger partial charge in [-0.1, -0.05) is 6.07 Å². The molecule has 1 heterocycles. The molecule has 5 nitrogen and oxygen atoms in total. The zero-order valence-electron chi connectivity index (χ0n) is 14.3. The van der Waals surface area contributed by atoms with Crippen LogP contribution in [0.4, 0.5) is 10.1 Å². The highest BCUT2D eigenvalue weighted by Gasteiger charge is 2.33. The van der Waals surface area contributed by atoms with Gasteiger partial charge in [-0.3, -0.25) is 0 Å². The van der Waals surface area contributed by atoms with Crippen LogP contribution in [-0.4, -0.2) is 68.1 Å². The molecule has 1 fully saturated rings. The van der Waals surface area contributed by atoms with Gasteiger partial charge in [-0.2, -0.15) is 0 Å². The number of halogens is 1. The maximum atomic E-state index is 13.7. The Labute approximate surface area is 148 Å². The summed E-state index contributed by atoms with van der Waals surface area (Å²) >= 11 is 5.48. The Morgan fingerprint density at radius 1 is 1.38 bits per heavy atom. The number of benzene rings is 1. The number of nitrogens with zero attached hydrogens (tertiary/aromatic N) is 2. The van der Waals surface area contributed by atoms with Crippen LogP contribution in [0.5, 0.6) is 0 Å². The number of rotatable bonds is 5. The lowest BCUT2D eigenvalue weighted by atomic mass is 10.2. The zero-order valence-corrected chi connectivity index (χ0v) is 15.9. The van der Waals surface area contributed by atoms with Crippen molar-refractivity contribution in [3.63, 3.8) is 0 Å². The lowest BCUT2D eigenvalue weighted by Gasteiger charge is -2.32. The second kappa shape index (κ2) is 7.76. The van der Waals surface area contributed by atoms with Crippen molar-refractivity contribution < 1.29 is 12.8 Å². The highest BCUT2D eigenvalue weighted by Crippen LogP contribution is 2.20. The van der Waals surface area contributed by atoms with Crippen LogP contribution in [0.3, 0.4) is 0 Å². The number of anilines is 1. The predicted molar refractivity (Wildman–Crippen MR) is 99.7 cm³/mol. The molecule has 0 unspecified atom stereocenters. The molecule has 134 valence electrons. The molecular formula is C16H24FN3O2S2. The normalized spacial score (nSPS) is 19.5. The summed E-state index contributed by atoms with van der Waals surface area (Å²) in [4.78, 5) is 3.93. The van der Waals surface area contributed by atoms with Gasteiger partial charge in [0.1, 0.15) is 5.82 Å². The van der Waals surface area contributed by atoms with E-state index in [1.165, 1.54) is 6.07 Å². The maximum Gasteiger partial charge on any atom is 0.173 e. The Bertz CT molecular complexity index is 707. The van der Waals surface area contributed by atoms with Crippen LogP contribution in [0.15, 0.2) is 18.2 Å². The fourth-order valence-corrected chi connectivity index (χ4v) is 4.73.